The number of esters is 2. The monoisotopic (exact) mass is 367 g/mol. The van der Waals surface area contributed by atoms with Crippen molar-refractivity contribution >= 4 is 11.9 Å². The van der Waals surface area contributed by atoms with Gasteiger partial charge in [0.05, 0.1) is 32.8 Å². The van der Waals surface area contributed by atoms with E-state index in [1.54, 1.807) is 0 Å². The highest BCUT2D eigenvalue weighted by molar-refractivity contribution is 5.82. The van der Waals surface area contributed by atoms with Gasteiger partial charge in [0, 0.05) is 0 Å². The van der Waals surface area contributed by atoms with E-state index in [0.29, 0.717) is 25.7 Å². The Labute approximate surface area is 142 Å². The van der Waals surface area contributed by atoms with E-state index in [1.165, 1.54) is 0 Å². The maximum Gasteiger partial charge on any atom is 0.323 e. The van der Waals surface area contributed by atoms with Crippen LogP contribution in [0.5, 0.6) is 0 Å². The lowest BCUT2D eigenvalue weighted by atomic mass is 10.2. The number of hydrogen-bond donors (Lipinski definition) is 1. The second-order valence-corrected chi connectivity index (χ2v) is 4.73. The fourth-order valence-electron chi connectivity index (χ4n) is 1.47. The Morgan fingerprint density at radius 3 is 1.76 bits per heavy atom. The van der Waals surface area contributed by atoms with Crippen LogP contribution in [-0.4, -0.2) is 54.6 Å². The average Bonchev–Trinajstić information content (AvgIpc) is 2.53. The van der Waals surface area contributed by atoms with Crippen LogP contribution in [0.3, 0.4) is 0 Å². The van der Waals surface area contributed by atoms with Crippen LogP contribution in [0.15, 0.2) is 0 Å². The maximum absolute atomic E-state index is 11.5. The van der Waals surface area contributed by atoms with Crippen LogP contribution in [0.1, 0.15) is 32.1 Å². The van der Waals surface area contributed by atoms with Crippen LogP contribution < -0.4 is 5.73 Å². The van der Waals surface area contributed by atoms with E-state index >= 15 is 0 Å². The zero-order valence-corrected chi connectivity index (χ0v) is 13.5. The summed E-state index contributed by atoms with van der Waals surface area (Å²) in [6, 6.07) is -1.18. The lowest BCUT2D eigenvalue weighted by Crippen LogP contribution is -2.35. The molecule has 0 heterocycles. The number of unbranched alkanes of at least 4 members (excludes halogenated alkanes) is 2. The molecule has 0 aliphatic heterocycles. The van der Waals surface area contributed by atoms with Crippen LogP contribution in [0.25, 0.3) is 0 Å². The summed E-state index contributed by atoms with van der Waals surface area (Å²) in [4.78, 5) is 50.9. The molecular weight excluding hydrogens is 346 g/mol. The van der Waals surface area contributed by atoms with Crippen molar-refractivity contribution < 1.29 is 38.9 Å². The molecule has 0 aliphatic rings. The fourth-order valence-corrected chi connectivity index (χ4v) is 1.47. The van der Waals surface area contributed by atoms with Gasteiger partial charge in [-0.3, -0.25) is 9.59 Å². The van der Waals surface area contributed by atoms with E-state index < -0.39 is 28.2 Å². The highest BCUT2D eigenvalue weighted by Gasteiger charge is 2.19. The van der Waals surface area contributed by atoms with Crippen molar-refractivity contribution in [2.45, 2.75) is 38.1 Å². The third-order valence-corrected chi connectivity index (χ3v) is 2.67. The van der Waals surface area contributed by atoms with Gasteiger partial charge in [0.2, 0.25) is 0 Å². The van der Waals surface area contributed by atoms with Crippen molar-refractivity contribution in [1.82, 2.24) is 0 Å². The highest BCUT2D eigenvalue weighted by Crippen LogP contribution is 2.00. The predicted octanol–water partition coefficient (Wildman–Crippen LogP) is -0.233. The second-order valence-electron chi connectivity index (χ2n) is 4.73. The van der Waals surface area contributed by atoms with Gasteiger partial charge in [0.25, 0.3) is 10.2 Å². The number of nitrogens with two attached hydrogens (primary N) is 1. The summed E-state index contributed by atoms with van der Waals surface area (Å²) in [5.41, 5.74) is 5.50. The Bertz CT molecular complexity index is 445. The zero-order valence-electron chi connectivity index (χ0n) is 13.5. The third kappa shape index (κ3) is 14.6. The van der Waals surface area contributed by atoms with Crippen molar-refractivity contribution in [1.29, 1.82) is 0 Å². The minimum atomic E-state index is -1.18. The molecule has 0 aliphatic carbocycles. The van der Waals surface area contributed by atoms with E-state index in [1.807, 2.05) is 0 Å². The molecular formula is C12H21N3O10. The first-order valence-corrected chi connectivity index (χ1v) is 7.45. The summed E-state index contributed by atoms with van der Waals surface area (Å²) in [6.45, 7) is -0.171. The Morgan fingerprint density at radius 1 is 0.840 bits per heavy atom. The van der Waals surface area contributed by atoms with Crippen LogP contribution in [0, 0.1) is 20.2 Å². The number of carbonyl (C=O) groups excluding carboxylic acids is 2. The number of ether oxygens (including phenoxy) is 2. The van der Waals surface area contributed by atoms with Gasteiger partial charge in [-0.25, -0.2) is 0 Å². The summed E-state index contributed by atoms with van der Waals surface area (Å²) in [6.07, 6.45) is 1.01. The molecule has 0 aromatic heterocycles. The molecule has 0 saturated carbocycles. The minimum absolute atomic E-state index is 0.000891. The zero-order chi connectivity index (χ0) is 19.1. The quantitative estimate of drug-likeness (QED) is 0.174. The molecule has 2 N–H and O–H groups in total. The topological polar surface area (TPSA) is 183 Å². The molecule has 0 radical (unpaired) electrons. The van der Waals surface area contributed by atoms with Crippen LogP contribution in [-0.2, 0) is 28.7 Å². The van der Waals surface area contributed by atoms with Crippen molar-refractivity contribution in [2.24, 2.45) is 5.73 Å². The molecule has 0 aromatic rings. The van der Waals surface area contributed by atoms with E-state index in [2.05, 4.69) is 9.68 Å². The Hall–Kier alpha value is -2.70. The second kappa shape index (κ2) is 13.7. The molecule has 0 spiro atoms. The molecule has 13 nitrogen and oxygen atoms in total. The van der Waals surface area contributed by atoms with Gasteiger partial charge < -0.3 is 24.9 Å². The van der Waals surface area contributed by atoms with Gasteiger partial charge in [-0.15, -0.1) is 20.2 Å². The largest absolute Gasteiger partial charge is 0.466 e. The minimum Gasteiger partial charge on any atom is -0.466 e. The Morgan fingerprint density at radius 2 is 1.28 bits per heavy atom. The molecule has 0 bridgehead atoms. The molecule has 0 fully saturated rings. The summed E-state index contributed by atoms with van der Waals surface area (Å²) in [5, 5.41) is 18.0. The van der Waals surface area contributed by atoms with Gasteiger partial charge in [-0.2, -0.15) is 0 Å². The molecule has 0 rings (SSSR count). The van der Waals surface area contributed by atoms with E-state index in [0.717, 1.165) is 0 Å². The molecule has 0 aromatic carbocycles. The summed E-state index contributed by atoms with van der Waals surface area (Å²) in [5.74, 6) is -1.48. The van der Waals surface area contributed by atoms with Gasteiger partial charge in [0.15, 0.2) is 0 Å². The third-order valence-electron chi connectivity index (χ3n) is 2.67. The number of nitrogens with zero attached hydrogens (tertiary/aromatic N) is 2. The van der Waals surface area contributed by atoms with Crippen molar-refractivity contribution in [3.05, 3.63) is 20.2 Å². The lowest BCUT2D eigenvalue weighted by Gasteiger charge is -2.11. The van der Waals surface area contributed by atoms with Gasteiger partial charge in [-0.1, -0.05) is 0 Å². The first-order valence-electron chi connectivity index (χ1n) is 7.45. The molecule has 25 heavy (non-hydrogen) atoms. The molecule has 144 valence electrons. The molecule has 1 unspecified atom stereocenters. The Kier molecular flexibility index (Phi) is 12.2. The van der Waals surface area contributed by atoms with Gasteiger partial charge >= 0.3 is 11.9 Å². The fraction of sp³-hybridized carbons (Fsp3) is 0.833. The molecule has 1 atom stereocenters. The van der Waals surface area contributed by atoms with E-state index in [4.69, 9.17) is 15.2 Å². The van der Waals surface area contributed by atoms with Crippen LogP contribution in [0.2, 0.25) is 0 Å². The predicted molar refractivity (Wildman–Crippen MR) is 78.9 cm³/mol. The van der Waals surface area contributed by atoms with Gasteiger partial charge in [-0.05, 0) is 25.7 Å². The van der Waals surface area contributed by atoms with E-state index in [9.17, 15) is 29.8 Å². The standard InChI is InChI=1S/C12H21N3O10/c13-10(12(17)23-6-2-4-8-25-15(20)21)9-11(16)22-5-1-3-7-24-14(18)19/h10H,1-9,13H2. The highest BCUT2D eigenvalue weighted by atomic mass is 17.0. The normalized spacial score (nSPS) is 11.2. The Balaban J connectivity index is 3.65. The van der Waals surface area contributed by atoms with Crippen molar-refractivity contribution in [3.63, 3.8) is 0 Å². The average molecular weight is 367 g/mol. The van der Waals surface area contributed by atoms with Gasteiger partial charge in [0.1, 0.15) is 6.04 Å². The summed E-state index contributed by atoms with van der Waals surface area (Å²) >= 11 is 0. The molecule has 0 saturated heterocycles. The molecule has 0 amide bonds. The lowest BCUT2D eigenvalue weighted by molar-refractivity contribution is -0.757. The maximum atomic E-state index is 11.5. The first kappa shape index (κ1) is 22.3. The first-order chi connectivity index (χ1) is 11.8. The number of rotatable bonds is 15. The SMILES string of the molecule is NC(CC(=O)OCCCCO[N+](=O)[O-])C(=O)OCCCCO[N+](=O)[O-]. The molecule has 13 heteroatoms. The van der Waals surface area contributed by atoms with Crippen molar-refractivity contribution in [3.8, 4) is 0 Å². The van der Waals surface area contributed by atoms with Crippen LogP contribution >= 0.6 is 0 Å². The number of carbonyl (C=O) groups is 2. The van der Waals surface area contributed by atoms with Crippen molar-refractivity contribution in [2.75, 3.05) is 26.4 Å². The smallest absolute Gasteiger partial charge is 0.323 e. The summed E-state index contributed by atoms with van der Waals surface area (Å²) in [7, 11) is 0. The van der Waals surface area contributed by atoms with E-state index in [-0.39, 0.29) is 32.8 Å². The summed E-state index contributed by atoms with van der Waals surface area (Å²) < 4.78 is 9.63. The van der Waals surface area contributed by atoms with Crippen LogP contribution in [0.4, 0.5) is 0 Å². The number of hydrogen-bond acceptors (Lipinski definition) is 11.